The van der Waals surface area contributed by atoms with E-state index in [0.717, 1.165) is 5.56 Å². The van der Waals surface area contributed by atoms with Crippen molar-refractivity contribution in [1.82, 2.24) is 0 Å². The molecule has 0 spiro atoms. The number of benzene rings is 1. The maximum Gasteiger partial charge on any atom is 0.402 e. The van der Waals surface area contributed by atoms with Gasteiger partial charge in [-0.05, 0) is 32.4 Å². The second-order valence-electron chi connectivity index (χ2n) is 5.00. The molecular formula is C14H20N2O5. The van der Waals surface area contributed by atoms with Gasteiger partial charge in [-0.3, -0.25) is 0 Å². The minimum atomic E-state index is -1.33. The van der Waals surface area contributed by atoms with E-state index in [4.69, 9.17) is 25.1 Å². The molecule has 0 atom stereocenters. The molecule has 7 heteroatoms. The number of hydrogen-bond acceptors (Lipinski definition) is 5. The Morgan fingerprint density at radius 2 is 1.90 bits per heavy atom. The van der Waals surface area contributed by atoms with Crippen LogP contribution in [0.5, 0.6) is 5.75 Å². The van der Waals surface area contributed by atoms with Crippen molar-refractivity contribution < 1.29 is 24.5 Å². The minimum Gasteiger partial charge on any atom is -0.505 e. The van der Waals surface area contributed by atoms with Crippen LogP contribution in [0.2, 0.25) is 0 Å². The van der Waals surface area contributed by atoms with Crippen molar-refractivity contribution >= 4 is 17.5 Å². The summed E-state index contributed by atoms with van der Waals surface area (Å²) in [5.74, 6) is 1.08. The molecule has 1 amide bonds. The van der Waals surface area contributed by atoms with Crippen molar-refractivity contribution in [3.05, 3.63) is 29.0 Å². The lowest BCUT2D eigenvalue weighted by Crippen LogP contribution is -2.35. The fraction of sp³-hybridized carbons (Fsp3) is 0.357. The van der Waals surface area contributed by atoms with E-state index in [-0.39, 0.29) is 5.76 Å². The molecule has 116 valence electrons. The highest BCUT2D eigenvalue weighted by Crippen LogP contribution is 2.43. The SMILES string of the molecule is COC1=C(O)C(C)(C)Oc2ccc(C)c(N)c21.NC(=O)O. The largest absolute Gasteiger partial charge is 0.505 e. The summed E-state index contributed by atoms with van der Waals surface area (Å²) in [4.78, 5) is 8.78. The third-order valence-electron chi connectivity index (χ3n) is 3.01. The number of ether oxygens (including phenoxy) is 2. The van der Waals surface area contributed by atoms with Crippen LogP contribution in [-0.4, -0.2) is 29.0 Å². The zero-order valence-electron chi connectivity index (χ0n) is 12.4. The molecule has 1 aliphatic rings. The van der Waals surface area contributed by atoms with Crippen molar-refractivity contribution in [2.75, 3.05) is 12.8 Å². The van der Waals surface area contributed by atoms with Gasteiger partial charge in [-0.1, -0.05) is 6.07 Å². The van der Waals surface area contributed by atoms with Crippen LogP contribution in [0.1, 0.15) is 25.0 Å². The van der Waals surface area contributed by atoms with Gasteiger partial charge in [0.15, 0.2) is 17.1 Å². The standard InChI is InChI=1S/C13H17NO3.CH3NO2/c1-7-5-6-8-9(10(7)14)11(16-4)12(15)13(2,3)17-8;2-1(3)4/h5-6,15H,14H2,1-4H3;2H2,(H,3,4). The smallest absolute Gasteiger partial charge is 0.402 e. The number of hydrogen-bond donors (Lipinski definition) is 4. The number of nitrogen functional groups attached to an aromatic ring is 1. The number of fused-ring (bicyclic) bond motifs is 1. The monoisotopic (exact) mass is 296 g/mol. The highest BCUT2D eigenvalue weighted by molar-refractivity contribution is 5.81. The first kappa shape index (κ1) is 16.5. The predicted octanol–water partition coefficient (Wildman–Crippen LogP) is 2.24. The first-order valence-electron chi connectivity index (χ1n) is 6.16. The lowest BCUT2D eigenvalue weighted by Gasteiger charge is -2.33. The number of primary amides is 1. The molecule has 1 heterocycles. The predicted molar refractivity (Wildman–Crippen MR) is 79.1 cm³/mol. The van der Waals surface area contributed by atoms with Crippen molar-refractivity contribution in [3.63, 3.8) is 0 Å². The van der Waals surface area contributed by atoms with Gasteiger partial charge in [0.2, 0.25) is 0 Å². The Balaban J connectivity index is 0.000000491. The number of aliphatic hydroxyl groups excluding tert-OH is 1. The van der Waals surface area contributed by atoms with Gasteiger partial charge in [-0.25, -0.2) is 4.79 Å². The number of aliphatic hydroxyl groups is 1. The first-order valence-corrected chi connectivity index (χ1v) is 6.16. The van der Waals surface area contributed by atoms with E-state index >= 15 is 0 Å². The summed E-state index contributed by atoms with van der Waals surface area (Å²) >= 11 is 0. The summed E-state index contributed by atoms with van der Waals surface area (Å²) in [6.07, 6.45) is -1.33. The third kappa shape index (κ3) is 3.31. The van der Waals surface area contributed by atoms with Gasteiger partial charge in [-0.15, -0.1) is 0 Å². The highest BCUT2D eigenvalue weighted by Gasteiger charge is 2.37. The van der Waals surface area contributed by atoms with Crippen LogP contribution in [0.15, 0.2) is 17.9 Å². The molecule has 0 radical (unpaired) electrons. The van der Waals surface area contributed by atoms with Crippen molar-refractivity contribution in [1.29, 1.82) is 0 Å². The number of nitrogens with two attached hydrogens (primary N) is 2. The minimum absolute atomic E-state index is 0.0600. The van der Waals surface area contributed by atoms with Crippen LogP contribution in [0.25, 0.3) is 5.76 Å². The van der Waals surface area contributed by atoms with Gasteiger partial charge in [0.25, 0.3) is 0 Å². The Labute approximate surface area is 122 Å². The number of amides is 1. The average Bonchev–Trinajstić information content (AvgIpc) is 2.36. The molecule has 0 fully saturated rings. The lowest BCUT2D eigenvalue weighted by molar-refractivity contribution is 0.0836. The summed E-state index contributed by atoms with van der Waals surface area (Å²) in [6, 6.07) is 3.73. The van der Waals surface area contributed by atoms with E-state index < -0.39 is 11.7 Å². The van der Waals surface area contributed by atoms with Gasteiger partial charge in [0, 0.05) is 5.69 Å². The summed E-state index contributed by atoms with van der Waals surface area (Å²) < 4.78 is 11.0. The zero-order valence-corrected chi connectivity index (χ0v) is 12.4. The van der Waals surface area contributed by atoms with Gasteiger partial charge >= 0.3 is 6.09 Å². The number of carboxylic acid groups (broad SMARTS) is 1. The zero-order chi connectivity index (χ0) is 16.4. The van der Waals surface area contributed by atoms with E-state index in [0.29, 0.717) is 22.8 Å². The molecule has 2 rings (SSSR count). The van der Waals surface area contributed by atoms with Crippen molar-refractivity contribution in [2.45, 2.75) is 26.4 Å². The Morgan fingerprint density at radius 3 is 2.38 bits per heavy atom. The van der Waals surface area contributed by atoms with E-state index in [2.05, 4.69) is 5.73 Å². The number of methoxy groups -OCH3 is 1. The molecular weight excluding hydrogens is 276 g/mol. The van der Waals surface area contributed by atoms with Crippen LogP contribution >= 0.6 is 0 Å². The molecule has 0 unspecified atom stereocenters. The maximum atomic E-state index is 10.1. The van der Waals surface area contributed by atoms with Crippen LogP contribution in [-0.2, 0) is 4.74 Å². The Hall–Kier alpha value is -2.57. The second kappa shape index (κ2) is 5.82. The topological polar surface area (TPSA) is 128 Å². The Bertz CT molecular complexity index is 589. The van der Waals surface area contributed by atoms with Crippen molar-refractivity contribution in [2.24, 2.45) is 5.73 Å². The Kier molecular flexibility index (Phi) is 4.57. The highest BCUT2D eigenvalue weighted by atomic mass is 16.5. The molecule has 0 bridgehead atoms. The van der Waals surface area contributed by atoms with Gasteiger partial charge in [-0.2, -0.15) is 0 Å². The Morgan fingerprint density at radius 1 is 1.38 bits per heavy atom. The van der Waals surface area contributed by atoms with Crippen LogP contribution in [0.3, 0.4) is 0 Å². The summed E-state index contributed by atoms with van der Waals surface area (Å²) in [5, 5.41) is 17.3. The molecule has 0 saturated carbocycles. The van der Waals surface area contributed by atoms with E-state index in [1.54, 1.807) is 13.8 Å². The van der Waals surface area contributed by atoms with Gasteiger partial charge < -0.3 is 31.2 Å². The summed E-state index contributed by atoms with van der Waals surface area (Å²) in [6.45, 7) is 5.46. The number of aryl methyl sites for hydroxylation is 1. The summed E-state index contributed by atoms with van der Waals surface area (Å²) in [5.41, 5.74) is 11.4. The van der Waals surface area contributed by atoms with Crippen LogP contribution in [0, 0.1) is 6.92 Å². The van der Waals surface area contributed by atoms with E-state index in [9.17, 15) is 5.11 Å². The molecule has 1 aromatic rings. The number of rotatable bonds is 1. The number of carbonyl (C=O) groups is 1. The fourth-order valence-corrected chi connectivity index (χ4v) is 1.94. The molecule has 1 aliphatic heterocycles. The fourth-order valence-electron chi connectivity index (χ4n) is 1.94. The van der Waals surface area contributed by atoms with Crippen LogP contribution < -0.4 is 16.2 Å². The van der Waals surface area contributed by atoms with E-state index in [1.165, 1.54) is 7.11 Å². The molecule has 0 saturated heterocycles. The molecule has 6 N–H and O–H groups in total. The molecule has 0 aromatic heterocycles. The molecule has 1 aromatic carbocycles. The van der Waals surface area contributed by atoms with Gasteiger partial charge in [0.05, 0.1) is 12.7 Å². The van der Waals surface area contributed by atoms with Crippen LogP contribution in [0.4, 0.5) is 10.5 Å². The molecule has 0 aliphatic carbocycles. The third-order valence-corrected chi connectivity index (χ3v) is 3.01. The van der Waals surface area contributed by atoms with Crippen molar-refractivity contribution in [3.8, 4) is 5.75 Å². The summed E-state index contributed by atoms with van der Waals surface area (Å²) in [7, 11) is 1.51. The quantitative estimate of drug-likeness (QED) is 0.588. The normalized spacial score (nSPS) is 15.2. The first-order chi connectivity index (χ1) is 9.61. The number of anilines is 1. The average molecular weight is 296 g/mol. The van der Waals surface area contributed by atoms with E-state index in [1.807, 2.05) is 19.1 Å². The van der Waals surface area contributed by atoms with Gasteiger partial charge in [0.1, 0.15) is 5.75 Å². The molecule has 7 nitrogen and oxygen atoms in total. The lowest BCUT2D eigenvalue weighted by atomic mass is 9.95. The second-order valence-corrected chi connectivity index (χ2v) is 5.00. The maximum absolute atomic E-state index is 10.1. The molecule has 21 heavy (non-hydrogen) atoms.